The van der Waals surface area contributed by atoms with Crippen LogP contribution in [0.2, 0.25) is 0 Å². The highest BCUT2D eigenvalue weighted by atomic mass is 32.2. The number of rotatable bonds is 8. The number of hydrogen-bond acceptors (Lipinski definition) is 4. The third kappa shape index (κ3) is 5.10. The molecule has 1 heterocycles. The van der Waals surface area contributed by atoms with Gasteiger partial charge in [0.25, 0.3) is 5.91 Å². The Labute approximate surface area is 206 Å². The van der Waals surface area contributed by atoms with Crippen molar-refractivity contribution in [3.05, 3.63) is 94.4 Å². The van der Waals surface area contributed by atoms with Gasteiger partial charge in [-0.05, 0) is 66.4 Å². The number of carbonyl (C=O) groups is 1. The molecule has 0 aromatic heterocycles. The second-order valence-electron chi connectivity index (χ2n) is 8.00. The van der Waals surface area contributed by atoms with Gasteiger partial charge in [-0.1, -0.05) is 75.4 Å². The molecule has 5 heteroatoms. The number of benzene rings is 3. The van der Waals surface area contributed by atoms with Crippen molar-refractivity contribution in [1.82, 2.24) is 0 Å². The lowest BCUT2D eigenvalue weighted by molar-refractivity contribution is -0.113. The van der Waals surface area contributed by atoms with Crippen molar-refractivity contribution in [3.63, 3.8) is 0 Å². The smallest absolute Gasteiger partial charge is 0.271 e. The van der Waals surface area contributed by atoms with Crippen molar-refractivity contribution < 1.29 is 9.53 Å². The molecule has 174 valence electrons. The molecule has 3 aromatic rings. The van der Waals surface area contributed by atoms with Gasteiger partial charge in [0.05, 0.1) is 22.9 Å². The molecule has 1 aliphatic rings. The number of ether oxygens (including phenoxy) is 1. The van der Waals surface area contributed by atoms with Gasteiger partial charge >= 0.3 is 0 Å². The van der Waals surface area contributed by atoms with Crippen molar-refractivity contribution >= 4 is 40.3 Å². The lowest BCUT2D eigenvalue weighted by Crippen LogP contribution is -2.29. The number of para-hydroxylation sites is 3. The highest BCUT2D eigenvalue weighted by Gasteiger charge is 2.36. The summed E-state index contributed by atoms with van der Waals surface area (Å²) in [7, 11) is 0. The molecule has 0 saturated carbocycles. The molecule has 34 heavy (non-hydrogen) atoms. The summed E-state index contributed by atoms with van der Waals surface area (Å²) < 4.78 is 5.92. The monoisotopic (exact) mass is 470 g/mol. The largest absolute Gasteiger partial charge is 0.493 e. The number of carbonyl (C=O) groups excluding carboxylic acids is 1. The zero-order valence-corrected chi connectivity index (χ0v) is 20.8. The first-order valence-corrected chi connectivity index (χ1v) is 12.7. The summed E-state index contributed by atoms with van der Waals surface area (Å²) in [4.78, 5) is 21.2. The van der Waals surface area contributed by atoms with Gasteiger partial charge in [0.2, 0.25) is 0 Å². The summed E-state index contributed by atoms with van der Waals surface area (Å²) in [5.74, 6) is 0.719. The van der Waals surface area contributed by atoms with E-state index in [0.29, 0.717) is 16.7 Å². The third-order valence-corrected chi connectivity index (χ3v) is 6.64. The second kappa shape index (κ2) is 11.2. The molecule has 0 radical (unpaired) electrons. The van der Waals surface area contributed by atoms with Gasteiger partial charge in [0.1, 0.15) is 5.75 Å². The van der Waals surface area contributed by atoms with E-state index in [1.165, 1.54) is 11.8 Å². The van der Waals surface area contributed by atoms with Crippen molar-refractivity contribution in [1.29, 1.82) is 0 Å². The van der Waals surface area contributed by atoms with Crippen LogP contribution in [0.3, 0.4) is 0 Å². The van der Waals surface area contributed by atoms with E-state index < -0.39 is 0 Å². The fourth-order valence-corrected chi connectivity index (χ4v) is 4.87. The van der Waals surface area contributed by atoms with E-state index in [0.717, 1.165) is 53.1 Å². The molecule has 0 N–H and O–H groups in total. The molecule has 0 unspecified atom stereocenters. The lowest BCUT2D eigenvalue weighted by Gasteiger charge is -2.19. The van der Waals surface area contributed by atoms with E-state index >= 15 is 0 Å². The van der Waals surface area contributed by atoms with Crippen LogP contribution in [0.5, 0.6) is 5.75 Å². The molecule has 3 aromatic carbocycles. The van der Waals surface area contributed by atoms with Crippen LogP contribution in [-0.2, 0) is 17.6 Å². The molecular formula is C29H30N2O2S. The standard InChI is InChI=1S/C29H30N2O2S/c1-4-19-33-26-18-12-9-15-23(26)20-27-28(32)31(25-17-11-8-14-22(25)6-3)29(34-27)30-24-16-10-7-13-21(24)5-2/h7-18,20H,4-6,19H2,1-3H3/b27-20-,30-29?. The fraction of sp³-hybridized carbons (Fsp3) is 0.241. The Morgan fingerprint density at radius 3 is 2.32 bits per heavy atom. The van der Waals surface area contributed by atoms with Crippen LogP contribution in [0, 0.1) is 0 Å². The van der Waals surface area contributed by atoms with Crippen LogP contribution >= 0.6 is 11.8 Å². The van der Waals surface area contributed by atoms with Crippen LogP contribution in [0.25, 0.3) is 6.08 Å². The predicted molar refractivity (Wildman–Crippen MR) is 144 cm³/mol. The molecule has 0 aliphatic carbocycles. The van der Waals surface area contributed by atoms with E-state index in [1.807, 2.05) is 66.7 Å². The number of amidine groups is 1. The van der Waals surface area contributed by atoms with Crippen LogP contribution in [0.15, 0.2) is 82.7 Å². The first kappa shape index (κ1) is 23.8. The number of anilines is 1. The summed E-state index contributed by atoms with van der Waals surface area (Å²) in [5.41, 5.74) is 4.94. The molecule has 1 fully saturated rings. The Morgan fingerprint density at radius 1 is 0.882 bits per heavy atom. The Kier molecular flexibility index (Phi) is 7.86. The normalized spacial score (nSPS) is 16.0. The van der Waals surface area contributed by atoms with Crippen LogP contribution in [-0.4, -0.2) is 17.7 Å². The van der Waals surface area contributed by atoms with Crippen molar-refractivity contribution in [3.8, 4) is 5.75 Å². The van der Waals surface area contributed by atoms with Gasteiger partial charge in [0.15, 0.2) is 5.17 Å². The minimum atomic E-state index is -0.0658. The predicted octanol–water partition coefficient (Wildman–Crippen LogP) is 7.41. The van der Waals surface area contributed by atoms with Gasteiger partial charge in [0, 0.05) is 5.56 Å². The SMILES string of the molecule is CCCOc1ccccc1/C=C1\SC(=Nc2ccccc2CC)N(c2ccccc2CC)C1=O. The van der Waals surface area contributed by atoms with Crippen LogP contribution in [0.4, 0.5) is 11.4 Å². The van der Waals surface area contributed by atoms with E-state index in [2.05, 4.69) is 32.9 Å². The topological polar surface area (TPSA) is 41.9 Å². The molecule has 0 spiro atoms. The Bertz CT molecular complexity index is 1230. The molecule has 0 atom stereocenters. The lowest BCUT2D eigenvalue weighted by atomic mass is 10.1. The molecule has 4 rings (SSSR count). The maximum atomic E-state index is 13.8. The van der Waals surface area contributed by atoms with Gasteiger partial charge in [-0.3, -0.25) is 9.69 Å². The van der Waals surface area contributed by atoms with Crippen LogP contribution < -0.4 is 9.64 Å². The molecule has 4 nitrogen and oxygen atoms in total. The zero-order valence-electron chi connectivity index (χ0n) is 20.0. The summed E-state index contributed by atoms with van der Waals surface area (Å²) >= 11 is 1.41. The maximum Gasteiger partial charge on any atom is 0.271 e. The van der Waals surface area contributed by atoms with Crippen molar-refractivity contribution in [2.24, 2.45) is 4.99 Å². The number of aliphatic imine (C=N–C) groups is 1. The third-order valence-electron chi connectivity index (χ3n) is 5.68. The van der Waals surface area contributed by atoms with Crippen molar-refractivity contribution in [2.75, 3.05) is 11.5 Å². The van der Waals surface area contributed by atoms with Crippen LogP contribution in [0.1, 0.15) is 43.9 Å². The maximum absolute atomic E-state index is 13.8. The minimum Gasteiger partial charge on any atom is -0.493 e. The summed E-state index contributed by atoms with van der Waals surface area (Å²) in [6, 6.07) is 24.0. The number of hydrogen-bond donors (Lipinski definition) is 0. The average Bonchev–Trinajstić information content (AvgIpc) is 3.17. The summed E-state index contributed by atoms with van der Waals surface area (Å²) in [6.07, 6.45) is 4.56. The molecule has 1 saturated heterocycles. The van der Waals surface area contributed by atoms with Gasteiger partial charge in [-0.25, -0.2) is 4.99 Å². The van der Waals surface area contributed by atoms with E-state index in [1.54, 1.807) is 4.90 Å². The van der Waals surface area contributed by atoms with Gasteiger partial charge in [-0.15, -0.1) is 0 Å². The summed E-state index contributed by atoms with van der Waals surface area (Å²) in [6.45, 7) is 6.94. The Balaban J connectivity index is 1.82. The quantitative estimate of drug-likeness (QED) is 0.322. The Hall–Kier alpha value is -3.31. The van der Waals surface area contributed by atoms with E-state index in [4.69, 9.17) is 9.73 Å². The molecule has 1 amide bonds. The second-order valence-corrected chi connectivity index (χ2v) is 9.01. The highest BCUT2D eigenvalue weighted by molar-refractivity contribution is 8.19. The molecule has 0 bridgehead atoms. The summed E-state index contributed by atoms with van der Waals surface area (Å²) in [5, 5.41) is 0.671. The van der Waals surface area contributed by atoms with Crippen molar-refractivity contribution in [2.45, 2.75) is 40.0 Å². The number of nitrogens with zero attached hydrogens (tertiary/aromatic N) is 2. The van der Waals surface area contributed by atoms with Gasteiger partial charge in [-0.2, -0.15) is 0 Å². The molecule has 1 aliphatic heterocycles. The fourth-order valence-electron chi connectivity index (χ4n) is 3.90. The first-order chi connectivity index (χ1) is 16.7. The van der Waals surface area contributed by atoms with E-state index in [-0.39, 0.29) is 5.91 Å². The minimum absolute atomic E-state index is 0.0658. The molecular weight excluding hydrogens is 440 g/mol. The van der Waals surface area contributed by atoms with Gasteiger partial charge < -0.3 is 4.74 Å². The average molecular weight is 471 g/mol. The Morgan fingerprint density at radius 2 is 1.56 bits per heavy atom. The first-order valence-electron chi connectivity index (χ1n) is 11.9. The number of amides is 1. The zero-order chi connectivity index (χ0) is 23.9. The number of aryl methyl sites for hydroxylation is 2. The number of thioether (sulfide) groups is 1. The highest BCUT2D eigenvalue weighted by Crippen LogP contribution is 2.40. The van der Waals surface area contributed by atoms with E-state index in [9.17, 15) is 4.79 Å².